The van der Waals surface area contributed by atoms with Crippen molar-refractivity contribution >= 4 is 70.7 Å². The monoisotopic (exact) mass is 503 g/mol. The minimum atomic E-state index is -0.402. The lowest BCUT2D eigenvalue weighted by Crippen LogP contribution is -2.23. The molecule has 1 aromatic carbocycles. The van der Waals surface area contributed by atoms with E-state index in [1.165, 1.54) is 0 Å². The fraction of sp³-hybridized carbons (Fsp3) is 0.231. The molecule has 0 saturated carbocycles. The summed E-state index contributed by atoms with van der Waals surface area (Å²) in [6, 6.07) is 5.25. The molecule has 1 unspecified atom stereocenters. The molecule has 0 aliphatic carbocycles. The predicted molar refractivity (Wildman–Crippen MR) is 94.3 cm³/mol. The first kappa shape index (κ1) is 16.9. The van der Waals surface area contributed by atoms with Crippen LogP contribution in [0.4, 0.5) is 4.39 Å². The van der Waals surface area contributed by atoms with Crippen LogP contribution in [0.1, 0.15) is 24.1 Å². The first-order valence-corrected chi connectivity index (χ1v) is 9.34. The van der Waals surface area contributed by atoms with E-state index in [0.29, 0.717) is 10.0 Å². The van der Waals surface area contributed by atoms with Crippen LogP contribution >= 0.6 is 70.7 Å². The number of nitrogens with one attached hydrogen (secondary N) is 1. The average molecular weight is 506 g/mol. The first-order chi connectivity index (χ1) is 9.45. The highest BCUT2D eigenvalue weighted by Crippen LogP contribution is 2.40. The SMILES string of the molecule is CCNC(c1cc(Br)sc1Br)c1ccc(Br)c(Cl)c1F. The summed E-state index contributed by atoms with van der Waals surface area (Å²) in [6.45, 7) is 2.71. The second kappa shape index (κ2) is 7.20. The normalized spacial score (nSPS) is 12.7. The molecule has 0 radical (unpaired) electrons. The van der Waals surface area contributed by atoms with Gasteiger partial charge in [-0.2, -0.15) is 0 Å². The van der Waals surface area contributed by atoms with Crippen LogP contribution in [0.5, 0.6) is 0 Å². The second-order valence-corrected chi connectivity index (χ2v) is 9.02. The molecule has 20 heavy (non-hydrogen) atoms. The van der Waals surface area contributed by atoms with Crippen LogP contribution in [0.15, 0.2) is 30.2 Å². The van der Waals surface area contributed by atoms with Crippen molar-refractivity contribution in [2.75, 3.05) is 6.54 Å². The third kappa shape index (κ3) is 3.47. The lowest BCUT2D eigenvalue weighted by Gasteiger charge is -2.19. The van der Waals surface area contributed by atoms with Crippen molar-refractivity contribution in [2.24, 2.45) is 0 Å². The van der Waals surface area contributed by atoms with Crippen molar-refractivity contribution in [3.05, 3.63) is 52.2 Å². The minimum absolute atomic E-state index is 0.107. The summed E-state index contributed by atoms with van der Waals surface area (Å²) >= 11 is 17.8. The Morgan fingerprint density at radius 3 is 2.55 bits per heavy atom. The Bertz CT molecular complexity index is 632. The summed E-state index contributed by atoms with van der Waals surface area (Å²) in [5.74, 6) is -0.402. The van der Waals surface area contributed by atoms with Crippen molar-refractivity contribution in [1.82, 2.24) is 5.32 Å². The van der Waals surface area contributed by atoms with E-state index in [9.17, 15) is 4.39 Å². The Kier molecular flexibility index (Phi) is 6.09. The Morgan fingerprint density at radius 2 is 2.00 bits per heavy atom. The van der Waals surface area contributed by atoms with Gasteiger partial charge in [0.1, 0.15) is 5.82 Å². The van der Waals surface area contributed by atoms with E-state index < -0.39 is 5.82 Å². The number of rotatable bonds is 4. The summed E-state index contributed by atoms with van der Waals surface area (Å²) in [7, 11) is 0. The van der Waals surface area contributed by atoms with Gasteiger partial charge in [0.15, 0.2) is 0 Å². The van der Waals surface area contributed by atoms with E-state index in [1.54, 1.807) is 23.5 Å². The summed E-state index contributed by atoms with van der Waals surface area (Å²) in [4.78, 5) is 0. The molecule has 7 heteroatoms. The van der Waals surface area contributed by atoms with E-state index in [2.05, 4.69) is 53.1 Å². The van der Waals surface area contributed by atoms with E-state index in [1.807, 2.05) is 13.0 Å². The molecule has 1 nitrogen and oxygen atoms in total. The van der Waals surface area contributed by atoms with Crippen molar-refractivity contribution in [3.8, 4) is 0 Å². The topological polar surface area (TPSA) is 12.0 Å². The van der Waals surface area contributed by atoms with Crippen LogP contribution in [0.25, 0.3) is 0 Å². The molecule has 2 aromatic rings. The Labute approximate surface area is 151 Å². The Morgan fingerprint density at radius 1 is 1.30 bits per heavy atom. The summed E-state index contributed by atoms with van der Waals surface area (Å²) in [5.41, 5.74) is 1.52. The lowest BCUT2D eigenvalue weighted by atomic mass is 10.0. The Hall–Kier alpha value is 0.540. The van der Waals surface area contributed by atoms with Crippen molar-refractivity contribution in [2.45, 2.75) is 13.0 Å². The zero-order valence-electron chi connectivity index (χ0n) is 10.3. The molecule has 0 fully saturated rings. The van der Waals surface area contributed by atoms with Gasteiger partial charge in [-0.15, -0.1) is 11.3 Å². The number of thiophene rings is 1. The molecule has 0 aliphatic heterocycles. The largest absolute Gasteiger partial charge is 0.306 e. The van der Waals surface area contributed by atoms with Crippen molar-refractivity contribution < 1.29 is 4.39 Å². The Balaban J connectivity index is 2.54. The molecule has 1 aromatic heterocycles. The predicted octanol–water partition coefficient (Wildman–Crippen LogP) is 6.53. The maximum atomic E-state index is 14.4. The molecular weight excluding hydrogens is 496 g/mol. The highest BCUT2D eigenvalue weighted by molar-refractivity contribution is 9.12. The van der Waals surface area contributed by atoms with Crippen molar-refractivity contribution in [3.63, 3.8) is 0 Å². The van der Waals surface area contributed by atoms with Gasteiger partial charge in [0.25, 0.3) is 0 Å². The second-order valence-electron chi connectivity index (χ2n) is 4.03. The van der Waals surface area contributed by atoms with Gasteiger partial charge in [-0.3, -0.25) is 0 Å². The van der Waals surface area contributed by atoms with Crippen LogP contribution < -0.4 is 5.32 Å². The molecule has 0 amide bonds. The maximum Gasteiger partial charge on any atom is 0.148 e. The third-order valence-corrected chi connectivity index (χ3v) is 6.42. The number of halogens is 5. The number of hydrogen-bond acceptors (Lipinski definition) is 2. The van der Waals surface area contributed by atoms with E-state index in [4.69, 9.17) is 11.6 Å². The molecular formula is C13H10Br3ClFNS. The van der Waals surface area contributed by atoms with Gasteiger partial charge in [0, 0.05) is 10.0 Å². The molecule has 0 spiro atoms. The van der Waals surface area contributed by atoms with Gasteiger partial charge in [0.2, 0.25) is 0 Å². The molecule has 0 saturated heterocycles. The highest BCUT2D eigenvalue weighted by atomic mass is 79.9. The van der Waals surface area contributed by atoms with E-state index in [-0.39, 0.29) is 11.1 Å². The first-order valence-electron chi connectivity index (χ1n) is 5.77. The molecule has 1 atom stereocenters. The van der Waals surface area contributed by atoms with Crippen molar-refractivity contribution in [1.29, 1.82) is 0 Å². The van der Waals surface area contributed by atoms with Gasteiger partial charge >= 0.3 is 0 Å². The number of hydrogen-bond donors (Lipinski definition) is 1. The summed E-state index contributed by atoms with van der Waals surface area (Å²) in [5, 5.41) is 3.41. The van der Waals surface area contributed by atoms with Crippen LogP contribution in [-0.4, -0.2) is 6.54 Å². The smallest absolute Gasteiger partial charge is 0.148 e. The fourth-order valence-electron chi connectivity index (χ4n) is 1.91. The van der Waals surface area contributed by atoms with Gasteiger partial charge in [-0.05, 0) is 72.0 Å². The minimum Gasteiger partial charge on any atom is -0.306 e. The summed E-state index contributed by atoms with van der Waals surface area (Å²) in [6.07, 6.45) is 0. The zero-order valence-corrected chi connectivity index (χ0v) is 16.6. The van der Waals surface area contributed by atoms with Crippen LogP contribution in [0.2, 0.25) is 5.02 Å². The molecule has 0 aliphatic rings. The fourth-order valence-corrected chi connectivity index (χ4v) is 5.29. The van der Waals surface area contributed by atoms with Gasteiger partial charge in [-0.1, -0.05) is 24.6 Å². The maximum absolute atomic E-state index is 14.4. The van der Waals surface area contributed by atoms with E-state index in [0.717, 1.165) is 19.7 Å². The molecule has 0 bridgehead atoms. The lowest BCUT2D eigenvalue weighted by molar-refractivity contribution is 0.558. The third-order valence-electron chi connectivity index (χ3n) is 2.78. The quantitative estimate of drug-likeness (QED) is 0.466. The van der Waals surface area contributed by atoms with Gasteiger partial charge in [0.05, 0.1) is 18.6 Å². The molecule has 2 rings (SSSR count). The van der Waals surface area contributed by atoms with Gasteiger partial charge < -0.3 is 5.32 Å². The van der Waals surface area contributed by atoms with Gasteiger partial charge in [-0.25, -0.2) is 4.39 Å². The van der Waals surface area contributed by atoms with Crippen LogP contribution in [-0.2, 0) is 0 Å². The number of benzene rings is 1. The molecule has 108 valence electrons. The van der Waals surface area contributed by atoms with Crippen LogP contribution in [0, 0.1) is 5.82 Å². The standard InChI is InChI=1S/C13H10Br3ClFNS/c1-2-19-12(7-5-9(15)20-13(7)16)6-3-4-8(14)10(17)11(6)18/h3-5,12,19H,2H2,1H3. The average Bonchev–Trinajstić information content (AvgIpc) is 2.73. The molecule has 1 N–H and O–H groups in total. The molecule has 1 heterocycles. The highest BCUT2D eigenvalue weighted by Gasteiger charge is 2.23. The zero-order chi connectivity index (χ0) is 14.9. The van der Waals surface area contributed by atoms with Crippen LogP contribution in [0.3, 0.4) is 0 Å². The summed E-state index contributed by atoms with van der Waals surface area (Å²) < 4.78 is 16.9. The van der Waals surface area contributed by atoms with E-state index >= 15 is 0 Å².